The number of esters is 1. The van der Waals surface area contributed by atoms with Crippen molar-refractivity contribution >= 4 is 35.0 Å². The van der Waals surface area contributed by atoms with Crippen molar-refractivity contribution in [2.45, 2.75) is 20.0 Å². The van der Waals surface area contributed by atoms with Gasteiger partial charge in [-0.15, -0.1) is 0 Å². The van der Waals surface area contributed by atoms with E-state index < -0.39 is 23.7 Å². The molecule has 27 heavy (non-hydrogen) atoms. The van der Waals surface area contributed by atoms with Crippen molar-refractivity contribution in [2.75, 3.05) is 20.3 Å². The van der Waals surface area contributed by atoms with E-state index in [1.54, 1.807) is 32.0 Å². The van der Waals surface area contributed by atoms with E-state index in [2.05, 4.69) is 0 Å². The topological polar surface area (TPSA) is 106 Å². The highest BCUT2D eigenvalue weighted by Gasteiger charge is 2.36. The average Bonchev–Trinajstić information content (AvgIpc) is 2.87. The minimum absolute atomic E-state index is 0.124. The van der Waals surface area contributed by atoms with Crippen LogP contribution in [0.4, 0.5) is 4.79 Å². The Morgan fingerprint density at radius 2 is 2.07 bits per heavy atom. The maximum atomic E-state index is 12.4. The summed E-state index contributed by atoms with van der Waals surface area (Å²) in [4.78, 5) is 37.2. The van der Waals surface area contributed by atoms with Gasteiger partial charge in [0, 0.05) is 0 Å². The van der Waals surface area contributed by atoms with Crippen LogP contribution in [0.2, 0.25) is 0 Å². The van der Waals surface area contributed by atoms with Gasteiger partial charge >= 0.3 is 5.97 Å². The zero-order valence-corrected chi connectivity index (χ0v) is 15.9. The molecule has 9 heteroatoms. The van der Waals surface area contributed by atoms with E-state index in [1.807, 2.05) is 6.07 Å². The highest BCUT2D eigenvalue weighted by Crippen LogP contribution is 2.34. The second kappa shape index (κ2) is 9.09. The number of ether oxygens (including phenoxy) is 3. The number of carbonyl (C=O) groups excluding carboxylic acids is 3. The van der Waals surface area contributed by atoms with Crippen LogP contribution in [0, 0.1) is 11.3 Å². The lowest BCUT2D eigenvalue weighted by atomic mass is 10.2. The van der Waals surface area contributed by atoms with Crippen LogP contribution in [-0.4, -0.2) is 48.4 Å². The summed E-state index contributed by atoms with van der Waals surface area (Å²) in [5.41, 5.74) is 0.603. The summed E-state index contributed by atoms with van der Waals surface area (Å²) in [6.07, 6.45) is 1.19. The SMILES string of the molecule is COc1cc(/C=C2\SC(=O)N(CC(=O)OC(C)C)C2=O)ccc1OCC#N. The molecule has 1 aromatic rings. The van der Waals surface area contributed by atoms with Gasteiger partial charge in [0.25, 0.3) is 11.1 Å². The quantitative estimate of drug-likeness (QED) is 0.517. The number of hydrogen-bond donors (Lipinski definition) is 0. The number of nitriles is 1. The zero-order valence-electron chi connectivity index (χ0n) is 15.1. The predicted molar refractivity (Wildman–Crippen MR) is 98.0 cm³/mol. The Morgan fingerprint density at radius 3 is 2.70 bits per heavy atom. The summed E-state index contributed by atoms with van der Waals surface area (Å²) >= 11 is 0.745. The van der Waals surface area contributed by atoms with Crippen LogP contribution < -0.4 is 9.47 Å². The fourth-order valence-electron chi connectivity index (χ4n) is 2.22. The summed E-state index contributed by atoms with van der Waals surface area (Å²) in [5.74, 6) is -0.428. The van der Waals surface area contributed by atoms with E-state index in [4.69, 9.17) is 19.5 Å². The van der Waals surface area contributed by atoms with Crippen molar-refractivity contribution in [2.24, 2.45) is 0 Å². The second-order valence-corrected chi connectivity index (χ2v) is 6.66. The fourth-order valence-corrected chi connectivity index (χ4v) is 3.06. The Kier molecular flexibility index (Phi) is 6.85. The molecule has 2 amide bonds. The summed E-state index contributed by atoms with van der Waals surface area (Å²) in [6.45, 7) is 2.82. The number of benzene rings is 1. The van der Waals surface area contributed by atoms with Crippen LogP contribution in [0.25, 0.3) is 6.08 Å². The molecule has 0 saturated carbocycles. The molecule has 1 saturated heterocycles. The molecule has 142 valence electrons. The first kappa shape index (κ1) is 20.3. The van der Waals surface area contributed by atoms with E-state index >= 15 is 0 Å². The van der Waals surface area contributed by atoms with Gasteiger partial charge < -0.3 is 14.2 Å². The van der Waals surface area contributed by atoms with Gasteiger partial charge in [0.15, 0.2) is 18.1 Å². The van der Waals surface area contributed by atoms with Gasteiger partial charge in [0.05, 0.1) is 18.1 Å². The molecule has 0 radical (unpaired) electrons. The van der Waals surface area contributed by atoms with E-state index in [0.717, 1.165) is 16.7 Å². The number of nitrogens with zero attached hydrogens (tertiary/aromatic N) is 2. The van der Waals surface area contributed by atoms with Crippen molar-refractivity contribution in [3.05, 3.63) is 28.7 Å². The van der Waals surface area contributed by atoms with Crippen LogP contribution in [0.1, 0.15) is 19.4 Å². The first-order valence-corrected chi connectivity index (χ1v) is 8.80. The van der Waals surface area contributed by atoms with E-state index in [-0.39, 0.29) is 17.6 Å². The molecule has 0 aliphatic carbocycles. The van der Waals surface area contributed by atoms with Gasteiger partial charge in [-0.2, -0.15) is 5.26 Å². The van der Waals surface area contributed by atoms with Gasteiger partial charge in [-0.3, -0.25) is 19.3 Å². The molecule has 1 aromatic carbocycles. The average molecular weight is 390 g/mol. The van der Waals surface area contributed by atoms with Crippen molar-refractivity contribution in [3.63, 3.8) is 0 Å². The van der Waals surface area contributed by atoms with Crippen molar-refractivity contribution in [1.29, 1.82) is 5.26 Å². The molecule has 8 nitrogen and oxygen atoms in total. The number of carbonyl (C=O) groups is 3. The third kappa shape index (κ3) is 5.24. The van der Waals surface area contributed by atoms with E-state index in [1.165, 1.54) is 13.2 Å². The summed E-state index contributed by atoms with van der Waals surface area (Å²) in [6, 6.07) is 6.75. The van der Waals surface area contributed by atoms with Gasteiger partial charge in [-0.1, -0.05) is 6.07 Å². The van der Waals surface area contributed by atoms with Gasteiger partial charge in [-0.05, 0) is 49.4 Å². The largest absolute Gasteiger partial charge is 0.493 e. The third-order valence-corrected chi connectivity index (χ3v) is 4.21. The van der Waals surface area contributed by atoms with Crippen LogP contribution in [0.5, 0.6) is 11.5 Å². The first-order valence-electron chi connectivity index (χ1n) is 7.98. The number of hydrogen-bond acceptors (Lipinski definition) is 8. The third-order valence-electron chi connectivity index (χ3n) is 3.31. The molecule has 1 fully saturated rings. The maximum Gasteiger partial charge on any atom is 0.326 e. The van der Waals surface area contributed by atoms with Crippen LogP contribution in [-0.2, 0) is 14.3 Å². The maximum absolute atomic E-state index is 12.4. The van der Waals surface area contributed by atoms with Gasteiger partial charge in [0.1, 0.15) is 12.6 Å². The predicted octanol–water partition coefficient (Wildman–Crippen LogP) is 2.59. The molecule has 1 aliphatic rings. The zero-order chi connectivity index (χ0) is 20.0. The fraction of sp³-hybridized carbons (Fsp3) is 0.333. The van der Waals surface area contributed by atoms with Crippen LogP contribution in [0.3, 0.4) is 0 Å². The number of amides is 2. The Labute approximate surface area is 160 Å². The lowest BCUT2D eigenvalue weighted by Gasteiger charge is -2.13. The lowest BCUT2D eigenvalue weighted by Crippen LogP contribution is -2.35. The first-order chi connectivity index (χ1) is 12.8. The molecule has 0 bridgehead atoms. The van der Waals surface area contributed by atoms with E-state index in [9.17, 15) is 14.4 Å². The Morgan fingerprint density at radius 1 is 1.33 bits per heavy atom. The van der Waals surface area contributed by atoms with Gasteiger partial charge in [-0.25, -0.2) is 0 Å². The molecule has 0 unspecified atom stereocenters. The Balaban J connectivity index is 2.17. The van der Waals surface area contributed by atoms with E-state index in [0.29, 0.717) is 17.1 Å². The molecule has 1 aliphatic heterocycles. The molecular weight excluding hydrogens is 372 g/mol. The summed E-state index contributed by atoms with van der Waals surface area (Å²) in [5, 5.41) is 8.06. The van der Waals surface area contributed by atoms with Crippen molar-refractivity contribution in [1.82, 2.24) is 4.90 Å². The standard InChI is InChI=1S/C18H18N2O6S/c1-11(2)26-16(21)10-20-17(22)15(27-18(20)23)9-12-4-5-13(25-7-6-19)14(8-12)24-3/h4-5,8-9,11H,7,10H2,1-3H3/b15-9-. The Bertz CT molecular complexity index is 828. The lowest BCUT2D eigenvalue weighted by molar-refractivity contribution is -0.149. The molecule has 1 heterocycles. The molecule has 0 atom stereocenters. The number of thioether (sulfide) groups is 1. The number of rotatable bonds is 7. The van der Waals surface area contributed by atoms with Crippen molar-refractivity contribution < 1.29 is 28.6 Å². The van der Waals surface area contributed by atoms with Crippen LogP contribution in [0.15, 0.2) is 23.1 Å². The normalized spacial score (nSPS) is 15.2. The molecule has 0 aromatic heterocycles. The molecule has 0 spiro atoms. The number of methoxy groups -OCH3 is 1. The summed E-state index contributed by atoms with van der Waals surface area (Å²) < 4.78 is 15.4. The molecular formula is C18H18N2O6S. The molecule has 2 rings (SSSR count). The smallest absolute Gasteiger partial charge is 0.326 e. The summed E-state index contributed by atoms with van der Waals surface area (Å²) in [7, 11) is 1.45. The number of imide groups is 1. The highest BCUT2D eigenvalue weighted by atomic mass is 32.2. The van der Waals surface area contributed by atoms with Gasteiger partial charge in [0.2, 0.25) is 0 Å². The van der Waals surface area contributed by atoms with Crippen molar-refractivity contribution in [3.8, 4) is 17.6 Å². The highest BCUT2D eigenvalue weighted by molar-refractivity contribution is 8.18. The minimum Gasteiger partial charge on any atom is -0.493 e. The Hall–Kier alpha value is -2.99. The monoisotopic (exact) mass is 390 g/mol. The second-order valence-electron chi connectivity index (χ2n) is 5.66. The minimum atomic E-state index is -0.644. The van der Waals surface area contributed by atoms with Crippen LogP contribution >= 0.6 is 11.8 Å². The molecule has 0 N–H and O–H groups in total.